The molecule has 0 aliphatic carbocycles. The van der Waals surface area contributed by atoms with Crippen LogP contribution in [-0.4, -0.2) is 77.5 Å². The van der Waals surface area contributed by atoms with Crippen LogP contribution in [0.15, 0.2) is 12.5 Å². The zero-order valence-electron chi connectivity index (χ0n) is 20.0. The van der Waals surface area contributed by atoms with E-state index in [1.54, 1.807) is 0 Å². The van der Waals surface area contributed by atoms with Crippen molar-refractivity contribution < 1.29 is 30.6 Å². The van der Waals surface area contributed by atoms with Gasteiger partial charge in [-0.25, -0.2) is 19.7 Å². The van der Waals surface area contributed by atoms with E-state index >= 15 is 0 Å². The largest absolute Gasteiger partial charge is 0.406 e. The molecule has 0 bridgehead atoms. The van der Waals surface area contributed by atoms with Gasteiger partial charge in [0.1, 0.15) is 30.3 Å². The van der Waals surface area contributed by atoms with Gasteiger partial charge in [0, 0.05) is 31.7 Å². The molecule has 1 fully saturated rings. The van der Waals surface area contributed by atoms with Gasteiger partial charge < -0.3 is 14.4 Å². The van der Waals surface area contributed by atoms with Gasteiger partial charge in [0.2, 0.25) is 0 Å². The minimum atomic E-state index is -4.52. The minimum absolute atomic E-state index is 0.0113. The van der Waals surface area contributed by atoms with E-state index in [1.807, 2.05) is 22.6 Å². The number of imidazole rings is 1. The molecule has 11 nitrogen and oxygen atoms in total. The maximum absolute atomic E-state index is 12.9. The maximum Gasteiger partial charge on any atom is 0.406 e. The topological polar surface area (TPSA) is 123 Å². The van der Waals surface area contributed by atoms with E-state index in [4.69, 9.17) is 9.17 Å². The van der Waals surface area contributed by atoms with Crippen LogP contribution in [0.1, 0.15) is 42.8 Å². The molecule has 4 heterocycles. The highest BCUT2D eigenvalue weighted by Gasteiger charge is 2.37. The van der Waals surface area contributed by atoms with Crippen molar-refractivity contribution >= 4 is 27.8 Å². The lowest BCUT2D eigenvalue weighted by Gasteiger charge is -2.36. The Morgan fingerprint density at radius 2 is 1.94 bits per heavy atom. The number of urea groups is 1. The summed E-state index contributed by atoms with van der Waals surface area (Å²) in [5.74, 6) is 1.69. The van der Waals surface area contributed by atoms with Crippen LogP contribution in [0, 0.1) is 0 Å². The Kier molecular flexibility index (Phi) is 7.41. The smallest absolute Gasteiger partial charge is 0.356 e. The second-order valence-electron chi connectivity index (χ2n) is 8.85. The average Bonchev–Trinajstić information content (AvgIpc) is 3.21. The second-order valence-corrected chi connectivity index (χ2v) is 10.5. The second kappa shape index (κ2) is 10.2. The number of fused-ring (bicyclic) bond motifs is 1. The first-order valence-corrected chi connectivity index (χ1v) is 13.4. The number of nitrogens with one attached hydrogen (secondary N) is 1. The first-order valence-electron chi connectivity index (χ1n) is 11.6. The molecule has 198 valence electrons. The van der Waals surface area contributed by atoms with E-state index < -0.39 is 28.9 Å². The quantitative estimate of drug-likeness (QED) is 0.516. The number of halogens is 3. The summed E-state index contributed by atoms with van der Waals surface area (Å²) in [4.78, 5) is 27.9. The molecule has 1 saturated heterocycles. The molecule has 2 aliphatic rings. The third-order valence-electron chi connectivity index (χ3n) is 6.16. The van der Waals surface area contributed by atoms with Crippen molar-refractivity contribution in [3.8, 4) is 0 Å². The van der Waals surface area contributed by atoms with E-state index in [0.29, 0.717) is 48.8 Å². The minimum Gasteiger partial charge on any atom is -0.356 e. The van der Waals surface area contributed by atoms with Crippen molar-refractivity contribution in [1.82, 2.24) is 24.4 Å². The standard InChI is InChI=1S/C21H28F3N7O4S/c1-3-15-10-30(8-9-35-36(2,33)34)18(27-15)14-4-6-29(7-5-14)19-16-11-31(12-21(22,23)24)20(32)28-17(16)25-13-26-19/h10,13-14H,3-9,11-12H2,1-2H3,(H,25,26,28,32). The molecule has 2 aromatic heterocycles. The van der Waals surface area contributed by atoms with Crippen LogP contribution in [0.4, 0.5) is 29.6 Å². The molecular weight excluding hydrogens is 503 g/mol. The number of carbonyl (C=O) groups excluding carboxylic acids is 1. The van der Waals surface area contributed by atoms with Crippen molar-refractivity contribution in [2.75, 3.05) is 42.7 Å². The third kappa shape index (κ3) is 6.24. The molecule has 36 heavy (non-hydrogen) atoms. The Morgan fingerprint density at radius 3 is 2.58 bits per heavy atom. The number of hydrogen-bond acceptors (Lipinski definition) is 8. The Balaban J connectivity index is 1.47. The molecule has 2 amide bonds. The monoisotopic (exact) mass is 531 g/mol. The van der Waals surface area contributed by atoms with Crippen LogP contribution in [0.3, 0.4) is 0 Å². The predicted octanol–water partition coefficient (Wildman–Crippen LogP) is 2.51. The molecule has 2 aromatic rings. The molecule has 0 aromatic carbocycles. The van der Waals surface area contributed by atoms with Crippen LogP contribution in [-0.2, 0) is 33.8 Å². The van der Waals surface area contributed by atoms with Gasteiger partial charge in [-0.05, 0) is 19.3 Å². The molecule has 0 saturated carbocycles. The van der Waals surface area contributed by atoms with Crippen molar-refractivity contribution in [3.63, 3.8) is 0 Å². The first kappa shape index (κ1) is 26.1. The number of anilines is 2. The van der Waals surface area contributed by atoms with Gasteiger partial charge in [-0.15, -0.1) is 0 Å². The Morgan fingerprint density at radius 1 is 1.22 bits per heavy atom. The first-order chi connectivity index (χ1) is 16.9. The summed E-state index contributed by atoms with van der Waals surface area (Å²) >= 11 is 0. The summed E-state index contributed by atoms with van der Waals surface area (Å²) in [6.45, 7) is 1.92. The normalized spacial score (nSPS) is 17.3. The summed E-state index contributed by atoms with van der Waals surface area (Å²) in [6, 6.07) is -0.846. The average molecular weight is 532 g/mol. The number of hydrogen-bond donors (Lipinski definition) is 1. The zero-order valence-corrected chi connectivity index (χ0v) is 20.8. The molecule has 1 N–H and O–H groups in total. The number of aryl methyl sites for hydroxylation is 1. The number of amides is 2. The van der Waals surface area contributed by atoms with Gasteiger partial charge in [0.05, 0.1) is 30.7 Å². The Labute approximate surface area is 206 Å². The fraction of sp³-hybridized carbons (Fsp3) is 0.619. The van der Waals surface area contributed by atoms with Crippen molar-refractivity contribution in [3.05, 3.63) is 29.6 Å². The van der Waals surface area contributed by atoms with E-state index in [9.17, 15) is 26.4 Å². The van der Waals surface area contributed by atoms with E-state index in [-0.39, 0.29) is 24.9 Å². The van der Waals surface area contributed by atoms with Crippen LogP contribution in [0.25, 0.3) is 0 Å². The van der Waals surface area contributed by atoms with Crippen LogP contribution >= 0.6 is 0 Å². The fourth-order valence-corrected chi connectivity index (χ4v) is 4.89. The van der Waals surface area contributed by atoms with Gasteiger partial charge in [-0.2, -0.15) is 21.6 Å². The molecule has 15 heteroatoms. The maximum atomic E-state index is 12.9. The van der Waals surface area contributed by atoms with Gasteiger partial charge in [0.25, 0.3) is 10.1 Å². The summed E-state index contributed by atoms with van der Waals surface area (Å²) in [5.41, 5.74) is 1.35. The van der Waals surface area contributed by atoms with E-state index in [2.05, 4.69) is 15.3 Å². The van der Waals surface area contributed by atoms with E-state index in [0.717, 1.165) is 24.2 Å². The van der Waals surface area contributed by atoms with Gasteiger partial charge in [0.15, 0.2) is 0 Å². The molecular formula is C21H28F3N7O4S. The lowest BCUT2D eigenvalue weighted by Crippen LogP contribution is -2.45. The third-order valence-corrected chi connectivity index (χ3v) is 6.76. The van der Waals surface area contributed by atoms with Crippen LogP contribution in [0.5, 0.6) is 0 Å². The lowest BCUT2D eigenvalue weighted by atomic mass is 9.95. The number of piperidine rings is 1. The Bertz CT molecular complexity index is 1210. The predicted molar refractivity (Wildman–Crippen MR) is 124 cm³/mol. The highest BCUT2D eigenvalue weighted by molar-refractivity contribution is 7.85. The van der Waals surface area contributed by atoms with E-state index in [1.165, 1.54) is 6.33 Å². The van der Waals surface area contributed by atoms with Gasteiger partial charge >= 0.3 is 12.2 Å². The fourth-order valence-electron chi connectivity index (χ4n) is 4.51. The zero-order chi connectivity index (χ0) is 26.1. The highest BCUT2D eigenvalue weighted by atomic mass is 32.2. The van der Waals surface area contributed by atoms with Crippen LogP contribution in [0.2, 0.25) is 0 Å². The number of rotatable bonds is 8. The molecule has 0 spiro atoms. The summed E-state index contributed by atoms with van der Waals surface area (Å²) < 4.78 is 68.2. The summed E-state index contributed by atoms with van der Waals surface area (Å²) in [5, 5.41) is 2.43. The molecule has 0 radical (unpaired) electrons. The van der Waals surface area contributed by atoms with Gasteiger partial charge in [-0.3, -0.25) is 9.50 Å². The summed E-state index contributed by atoms with van der Waals surface area (Å²) in [6.07, 6.45) is 1.85. The lowest BCUT2D eigenvalue weighted by molar-refractivity contribution is -0.140. The SMILES string of the molecule is CCc1cn(CCOS(C)(=O)=O)c(C2CCN(c3ncnc4c3CN(CC(F)(F)F)C(=O)N4)CC2)n1. The number of carbonyl (C=O) groups is 1. The van der Waals surface area contributed by atoms with Crippen LogP contribution < -0.4 is 10.2 Å². The van der Waals surface area contributed by atoms with Crippen molar-refractivity contribution in [2.45, 2.75) is 51.4 Å². The molecule has 4 rings (SSSR count). The van der Waals surface area contributed by atoms with Crippen molar-refractivity contribution in [2.24, 2.45) is 0 Å². The number of alkyl halides is 3. The molecule has 2 aliphatic heterocycles. The molecule has 0 unspecified atom stereocenters. The van der Waals surface area contributed by atoms with Gasteiger partial charge in [-0.1, -0.05) is 6.92 Å². The number of aromatic nitrogens is 4. The molecule has 0 atom stereocenters. The summed E-state index contributed by atoms with van der Waals surface area (Å²) in [7, 11) is -3.54. The highest BCUT2D eigenvalue weighted by Crippen LogP contribution is 2.34. The Hall–Kier alpha value is -2.94. The van der Waals surface area contributed by atoms with Crippen molar-refractivity contribution in [1.29, 1.82) is 0 Å². The number of nitrogens with zero attached hydrogens (tertiary/aromatic N) is 6.